The SMILES string of the molecule is CCCCOc1ccc(C2/C(=C(/O)c3ccc([N+](=O)[O-])cc3)C(=O)C(=O)N2CCC)cc1. The molecule has 0 spiro atoms. The number of carbonyl (C=O) groups excluding carboxylic acids is 2. The molecule has 1 atom stereocenters. The molecule has 32 heavy (non-hydrogen) atoms. The van der Waals surface area contributed by atoms with E-state index < -0.39 is 22.7 Å². The minimum Gasteiger partial charge on any atom is -0.507 e. The molecule has 2 aromatic rings. The molecule has 8 heteroatoms. The molecular weight excluding hydrogens is 412 g/mol. The van der Waals surface area contributed by atoms with Crippen LogP contribution in [0.3, 0.4) is 0 Å². The summed E-state index contributed by atoms with van der Waals surface area (Å²) in [5, 5.41) is 21.9. The average Bonchev–Trinajstić information content (AvgIpc) is 3.04. The van der Waals surface area contributed by atoms with Crippen LogP contribution < -0.4 is 4.74 Å². The van der Waals surface area contributed by atoms with Gasteiger partial charge in [-0.25, -0.2) is 0 Å². The van der Waals surface area contributed by atoms with Crippen molar-refractivity contribution in [3.8, 4) is 5.75 Å². The van der Waals surface area contributed by atoms with Crippen LogP contribution in [0.1, 0.15) is 50.3 Å². The van der Waals surface area contributed by atoms with Crippen molar-refractivity contribution >= 4 is 23.1 Å². The number of carbonyl (C=O) groups is 2. The standard InChI is InChI=1S/C24H26N2O6/c1-3-5-15-32-19-12-8-16(9-13-19)21-20(23(28)24(29)25(21)14-4-2)22(27)17-6-10-18(11-7-17)26(30)31/h6-13,21,27H,3-5,14-15H2,1-2H3/b22-20-. The lowest BCUT2D eigenvalue weighted by atomic mass is 9.95. The number of unbranched alkanes of at least 4 members (excludes halogenated alkanes) is 1. The zero-order valence-corrected chi connectivity index (χ0v) is 18.1. The molecule has 1 unspecified atom stereocenters. The molecule has 1 heterocycles. The predicted molar refractivity (Wildman–Crippen MR) is 119 cm³/mol. The summed E-state index contributed by atoms with van der Waals surface area (Å²) in [6.07, 6.45) is 2.60. The van der Waals surface area contributed by atoms with Gasteiger partial charge in [-0.05, 0) is 42.7 Å². The molecule has 0 aliphatic carbocycles. The summed E-state index contributed by atoms with van der Waals surface area (Å²) >= 11 is 0. The number of ketones is 1. The Morgan fingerprint density at radius 3 is 2.28 bits per heavy atom. The first-order valence-corrected chi connectivity index (χ1v) is 10.6. The van der Waals surface area contributed by atoms with Crippen LogP contribution in [0.4, 0.5) is 5.69 Å². The van der Waals surface area contributed by atoms with Gasteiger partial charge in [-0.2, -0.15) is 0 Å². The number of aliphatic hydroxyl groups excluding tert-OH is 1. The Bertz CT molecular complexity index is 1030. The lowest BCUT2D eigenvalue weighted by Crippen LogP contribution is -2.30. The molecule has 8 nitrogen and oxygen atoms in total. The fourth-order valence-corrected chi connectivity index (χ4v) is 3.68. The van der Waals surface area contributed by atoms with Crippen LogP contribution >= 0.6 is 0 Å². The molecule has 0 aromatic heterocycles. The van der Waals surface area contributed by atoms with E-state index in [1.54, 1.807) is 24.3 Å². The summed E-state index contributed by atoms with van der Waals surface area (Å²) in [4.78, 5) is 37.4. The summed E-state index contributed by atoms with van der Waals surface area (Å²) in [6.45, 7) is 4.93. The molecule has 168 valence electrons. The molecule has 2 aromatic carbocycles. The second kappa shape index (κ2) is 10.1. The fourth-order valence-electron chi connectivity index (χ4n) is 3.68. The Balaban J connectivity index is 2.02. The van der Waals surface area contributed by atoms with Gasteiger partial charge in [-0.3, -0.25) is 19.7 Å². The van der Waals surface area contributed by atoms with Crippen LogP contribution in [0.5, 0.6) is 5.75 Å². The molecule has 1 N–H and O–H groups in total. The van der Waals surface area contributed by atoms with Crippen molar-refractivity contribution in [2.24, 2.45) is 0 Å². The summed E-state index contributed by atoms with van der Waals surface area (Å²) in [5.74, 6) is -1.12. The number of hydrogen-bond acceptors (Lipinski definition) is 6. The van der Waals surface area contributed by atoms with Crippen LogP contribution in [-0.4, -0.2) is 39.8 Å². The monoisotopic (exact) mass is 438 g/mol. The molecule has 1 saturated heterocycles. The number of nitrogens with zero attached hydrogens (tertiary/aromatic N) is 2. The number of nitro groups is 1. The summed E-state index contributed by atoms with van der Waals surface area (Å²) in [6, 6.07) is 11.6. The molecule has 1 fully saturated rings. The van der Waals surface area contributed by atoms with E-state index in [2.05, 4.69) is 6.92 Å². The molecule has 1 amide bonds. The predicted octanol–water partition coefficient (Wildman–Crippen LogP) is 4.61. The normalized spacial score (nSPS) is 17.6. The minimum absolute atomic E-state index is 0.0306. The number of nitro benzene ring substituents is 1. The Kier molecular flexibility index (Phi) is 7.25. The van der Waals surface area contributed by atoms with E-state index in [9.17, 15) is 24.8 Å². The fraction of sp³-hybridized carbons (Fsp3) is 0.333. The van der Waals surface area contributed by atoms with Crippen molar-refractivity contribution < 1.29 is 24.4 Å². The van der Waals surface area contributed by atoms with Crippen LogP contribution in [-0.2, 0) is 9.59 Å². The van der Waals surface area contributed by atoms with E-state index in [1.807, 2.05) is 6.92 Å². The van der Waals surface area contributed by atoms with Crippen LogP contribution in [0.15, 0.2) is 54.1 Å². The van der Waals surface area contributed by atoms with Crippen molar-refractivity contribution in [3.63, 3.8) is 0 Å². The van der Waals surface area contributed by atoms with Crippen molar-refractivity contribution in [2.75, 3.05) is 13.2 Å². The van der Waals surface area contributed by atoms with E-state index in [4.69, 9.17) is 4.74 Å². The lowest BCUT2D eigenvalue weighted by molar-refractivity contribution is -0.384. The van der Waals surface area contributed by atoms with Crippen molar-refractivity contribution in [3.05, 3.63) is 75.3 Å². The third-order valence-electron chi connectivity index (χ3n) is 5.32. The molecule has 0 radical (unpaired) electrons. The van der Waals surface area contributed by atoms with Crippen LogP contribution in [0, 0.1) is 10.1 Å². The maximum atomic E-state index is 12.9. The van der Waals surface area contributed by atoms with Gasteiger partial charge in [0.1, 0.15) is 11.5 Å². The summed E-state index contributed by atoms with van der Waals surface area (Å²) < 4.78 is 5.69. The highest BCUT2D eigenvalue weighted by Crippen LogP contribution is 2.40. The van der Waals surface area contributed by atoms with Gasteiger partial charge in [0.05, 0.1) is 23.1 Å². The smallest absolute Gasteiger partial charge is 0.295 e. The van der Waals surface area contributed by atoms with E-state index in [-0.39, 0.29) is 22.6 Å². The highest BCUT2D eigenvalue weighted by atomic mass is 16.6. The first kappa shape index (κ1) is 23.0. The second-order valence-corrected chi connectivity index (χ2v) is 7.57. The third-order valence-corrected chi connectivity index (χ3v) is 5.32. The Hall–Kier alpha value is -3.68. The van der Waals surface area contributed by atoms with Gasteiger partial charge in [0.15, 0.2) is 0 Å². The number of amides is 1. The number of ether oxygens (including phenoxy) is 1. The topological polar surface area (TPSA) is 110 Å². The number of hydrogen-bond donors (Lipinski definition) is 1. The molecule has 1 aliphatic rings. The largest absolute Gasteiger partial charge is 0.507 e. The van der Waals surface area contributed by atoms with Gasteiger partial charge < -0.3 is 14.7 Å². The lowest BCUT2D eigenvalue weighted by Gasteiger charge is -2.25. The zero-order valence-electron chi connectivity index (χ0n) is 18.1. The molecule has 3 rings (SSSR count). The van der Waals surface area contributed by atoms with Crippen LogP contribution in [0.2, 0.25) is 0 Å². The van der Waals surface area contributed by atoms with Crippen LogP contribution in [0.25, 0.3) is 5.76 Å². The Morgan fingerprint density at radius 1 is 1.06 bits per heavy atom. The number of Topliss-reactive ketones (excluding diaryl/α,β-unsaturated/α-hetero) is 1. The third kappa shape index (κ3) is 4.64. The van der Waals surface area contributed by atoms with Gasteiger partial charge in [0.25, 0.3) is 17.4 Å². The first-order valence-electron chi connectivity index (χ1n) is 10.6. The Labute approximate surface area is 186 Å². The van der Waals surface area contributed by atoms with E-state index in [0.29, 0.717) is 30.9 Å². The van der Waals surface area contributed by atoms with Gasteiger partial charge in [-0.15, -0.1) is 0 Å². The van der Waals surface area contributed by atoms with Gasteiger partial charge >= 0.3 is 0 Å². The first-order chi connectivity index (χ1) is 15.4. The number of rotatable bonds is 9. The quantitative estimate of drug-likeness (QED) is 0.153. The van der Waals surface area contributed by atoms with E-state index >= 15 is 0 Å². The number of benzene rings is 2. The van der Waals surface area contributed by atoms with E-state index in [1.165, 1.54) is 29.2 Å². The summed E-state index contributed by atoms with van der Waals surface area (Å²) in [7, 11) is 0. The molecule has 1 aliphatic heterocycles. The number of non-ortho nitro benzene ring substituents is 1. The molecule has 0 bridgehead atoms. The molecule has 0 saturated carbocycles. The molecular formula is C24H26N2O6. The Morgan fingerprint density at radius 2 is 1.72 bits per heavy atom. The summed E-state index contributed by atoms with van der Waals surface area (Å²) in [5.41, 5.74) is 0.735. The second-order valence-electron chi connectivity index (χ2n) is 7.57. The highest BCUT2D eigenvalue weighted by Gasteiger charge is 2.45. The van der Waals surface area contributed by atoms with Crippen molar-refractivity contribution in [2.45, 2.75) is 39.2 Å². The number of likely N-dealkylation sites (tertiary alicyclic amines) is 1. The van der Waals surface area contributed by atoms with Gasteiger partial charge in [0, 0.05) is 24.2 Å². The van der Waals surface area contributed by atoms with Crippen molar-refractivity contribution in [1.29, 1.82) is 0 Å². The average molecular weight is 438 g/mol. The minimum atomic E-state index is -0.775. The van der Waals surface area contributed by atoms with Gasteiger partial charge in [-0.1, -0.05) is 32.4 Å². The number of aliphatic hydroxyl groups is 1. The zero-order chi connectivity index (χ0) is 23.3. The van der Waals surface area contributed by atoms with Gasteiger partial charge in [0.2, 0.25) is 0 Å². The maximum Gasteiger partial charge on any atom is 0.295 e. The van der Waals surface area contributed by atoms with E-state index in [0.717, 1.165) is 12.8 Å². The maximum absolute atomic E-state index is 12.9. The van der Waals surface area contributed by atoms with Crippen molar-refractivity contribution in [1.82, 2.24) is 4.90 Å². The highest BCUT2D eigenvalue weighted by molar-refractivity contribution is 6.46.